The average molecular weight is 948 g/mol. The van der Waals surface area contributed by atoms with Crippen LogP contribution in [-0.2, 0) is 19.8 Å². The van der Waals surface area contributed by atoms with Crippen molar-refractivity contribution in [3.05, 3.63) is 95.6 Å². The number of hydrogen-bond acceptors (Lipinski definition) is 8. The van der Waals surface area contributed by atoms with Crippen LogP contribution in [0.1, 0.15) is 43.4 Å². The van der Waals surface area contributed by atoms with Gasteiger partial charge in [0.1, 0.15) is 29.3 Å². The van der Waals surface area contributed by atoms with Crippen LogP contribution in [-0.4, -0.2) is 79.4 Å². The number of halogens is 3. The summed E-state index contributed by atoms with van der Waals surface area (Å²) >= 11 is 4.24. The lowest BCUT2D eigenvalue weighted by atomic mass is 9.80. The van der Waals surface area contributed by atoms with Crippen molar-refractivity contribution in [3.63, 3.8) is 0 Å². The SMILES string of the molecule is COc1ccc(C(OC[C@H]2O[C@@H](C)CC2O)(c2ccccc2)c2ccc(OC)cc2)cc1.C[C@H]1CC(O)[C@@H](CO)O1.I.II. The quantitative estimate of drug-likeness (QED) is 0.166. The topological polar surface area (TPSA) is 107 Å². The lowest BCUT2D eigenvalue weighted by Crippen LogP contribution is -2.38. The summed E-state index contributed by atoms with van der Waals surface area (Å²) in [7, 11) is 3.30. The second-order valence-corrected chi connectivity index (χ2v) is 10.6. The van der Waals surface area contributed by atoms with E-state index in [9.17, 15) is 5.11 Å². The molecule has 0 radical (unpaired) electrons. The molecule has 2 saturated heterocycles. The maximum atomic E-state index is 10.5. The van der Waals surface area contributed by atoms with Crippen LogP contribution < -0.4 is 9.47 Å². The highest BCUT2D eigenvalue weighted by Gasteiger charge is 2.41. The second-order valence-electron chi connectivity index (χ2n) is 10.6. The molecule has 244 valence electrons. The van der Waals surface area contributed by atoms with Gasteiger partial charge in [-0.1, -0.05) is 54.6 Å². The van der Waals surface area contributed by atoms with Crippen molar-refractivity contribution in [2.45, 2.75) is 68.9 Å². The Bertz CT molecular complexity index is 1150. The number of benzene rings is 3. The van der Waals surface area contributed by atoms with Crippen molar-refractivity contribution in [3.8, 4) is 11.5 Å². The fraction of sp³-hybridized carbons (Fsp3) is 0.455. The monoisotopic (exact) mass is 948 g/mol. The highest BCUT2D eigenvalue weighted by atomic mass is 128. The van der Waals surface area contributed by atoms with E-state index < -0.39 is 17.8 Å². The zero-order valence-electron chi connectivity index (χ0n) is 25.3. The van der Waals surface area contributed by atoms with E-state index in [0.29, 0.717) is 12.8 Å². The minimum atomic E-state index is -0.908. The van der Waals surface area contributed by atoms with Crippen molar-refractivity contribution in [1.29, 1.82) is 0 Å². The zero-order chi connectivity index (χ0) is 31.4. The summed E-state index contributed by atoms with van der Waals surface area (Å²) in [5, 5.41) is 28.1. The number of ether oxygens (including phenoxy) is 5. The van der Waals surface area contributed by atoms with Crippen LogP contribution in [0.4, 0.5) is 0 Å². The molecular weight excluding hydrogens is 905 g/mol. The van der Waals surface area contributed by atoms with Gasteiger partial charge in [-0.15, -0.1) is 24.0 Å². The number of hydrogen-bond donors (Lipinski definition) is 3. The van der Waals surface area contributed by atoms with Gasteiger partial charge in [0, 0.05) is 50.1 Å². The predicted octanol–water partition coefficient (Wildman–Crippen LogP) is 6.46. The van der Waals surface area contributed by atoms with Gasteiger partial charge in [0.2, 0.25) is 0 Å². The number of aliphatic hydroxyl groups is 3. The van der Waals surface area contributed by atoms with Gasteiger partial charge in [0.25, 0.3) is 0 Å². The van der Waals surface area contributed by atoms with E-state index in [1.165, 1.54) is 0 Å². The average Bonchev–Trinajstić information content (AvgIpc) is 3.56. The summed E-state index contributed by atoms with van der Waals surface area (Å²) in [5.74, 6) is 1.54. The molecule has 44 heavy (non-hydrogen) atoms. The van der Waals surface area contributed by atoms with Gasteiger partial charge in [-0.25, -0.2) is 0 Å². The van der Waals surface area contributed by atoms with E-state index in [4.69, 9.17) is 33.9 Å². The van der Waals surface area contributed by atoms with Crippen LogP contribution in [0, 0.1) is 0 Å². The van der Waals surface area contributed by atoms with Crippen LogP contribution in [0.2, 0.25) is 0 Å². The van der Waals surface area contributed by atoms with Gasteiger partial charge >= 0.3 is 0 Å². The third-order valence-electron chi connectivity index (χ3n) is 7.64. The Balaban J connectivity index is 0.000000480. The normalized spacial score (nSPS) is 24.2. The van der Waals surface area contributed by atoms with E-state index in [2.05, 4.69) is 49.4 Å². The van der Waals surface area contributed by atoms with Gasteiger partial charge in [-0.2, -0.15) is 0 Å². The van der Waals surface area contributed by atoms with E-state index >= 15 is 0 Å². The Morgan fingerprint density at radius 2 is 1.11 bits per heavy atom. The molecule has 2 aliphatic heterocycles. The molecule has 3 aromatic rings. The highest BCUT2D eigenvalue weighted by Crippen LogP contribution is 2.42. The molecule has 11 heteroatoms. The Kier molecular flexibility index (Phi) is 17.7. The van der Waals surface area contributed by atoms with Gasteiger partial charge in [-0.05, 0) is 54.8 Å². The van der Waals surface area contributed by atoms with Crippen molar-refractivity contribution in [2.75, 3.05) is 27.4 Å². The molecule has 8 nitrogen and oxygen atoms in total. The third-order valence-corrected chi connectivity index (χ3v) is 7.64. The molecule has 0 aliphatic carbocycles. The molecule has 0 aromatic heterocycles. The molecule has 2 heterocycles. The maximum Gasteiger partial charge on any atom is 0.143 e. The van der Waals surface area contributed by atoms with E-state index in [0.717, 1.165) is 28.2 Å². The van der Waals surface area contributed by atoms with Gasteiger partial charge in [0.15, 0.2) is 0 Å². The van der Waals surface area contributed by atoms with Crippen molar-refractivity contribution < 1.29 is 39.0 Å². The Morgan fingerprint density at radius 3 is 1.45 bits per heavy atom. The largest absolute Gasteiger partial charge is 0.497 e. The lowest BCUT2D eigenvalue weighted by Gasteiger charge is -2.37. The summed E-state index contributed by atoms with van der Waals surface area (Å²) < 4.78 is 28.6. The molecule has 2 aliphatic rings. The predicted molar refractivity (Wildman–Crippen MR) is 199 cm³/mol. The maximum absolute atomic E-state index is 10.5. The first-order valence-electron chi connectivity index (χ1n) is 14.2. The first-order chi connectivity index (χ1) is 20.8. The first kappa shape index (κ1) is 39.4. The standard InChI is InChI=1S/C27H30O5.C6H12O3.I2.HI/c1-19-17-25(28)26(32-19)18-31-27(20-7-5-4-6-8-20,21-9-13-23(29-2)14-10-21)22-11-15-24(30-3)16-12-22;1-4-2-5(8)6(3-7)9-4;1-2;/h4-16,19,25-26,28H,17-18H2,1-3H3;4-8H,2-3H2,1H3;;1H/t19-,25?,26+;4-,5?,6+;;/m00../s1. The number of aliphatic hydroxyl groups excluding tert-OH is 3. The summed E-state index contributed by atoms with van der Waals surface area (Å²) in [6.45, 7) is 4.03. The minimum absolute atomic E-state index is 0. The molecule has 0 bridgehead atoms. The fourth-order valence-electron chi connectivity index (χ4n) is 5.47. The summed E-state index contributed by atoms with van der Waals surface area (Å²) in [4.78, 5) is 0. The molecule has 3 aromatic carbocycles. The van der Waals surface area contributed by atoms with Gasteiger partial charge < -0.3 is 39.0 Å². The summed E-state index contributed by atoms with van der Waals surface area (Å²) in [6, 6.07) is 25.9. The summed E-state index contributed by atoms with van der Waals surface area (Å²) in [5.41, 5.74) is 1.98. The van der Waals surface area contributed by atoms with Crippen LogP contribution >= 0.6 is 61.2 Å². The van der Waals surface area contributed by atoms with Crippen molar-refractivity contribution in [1.82, 2.24) is 0 Å². The van der Waals surface area contributed by atoms with E-state index in [1.807, 2.05) is 80.6 Å². The van der Waals surface area contributed by atoms with E-state index in [1.54, 1.807) is 14.2 Å². The van der Waals surface area contributed by atoms with E-state index in [-0.39, 0.29) is 61.6 Å². The lowest BCUT2D eigenvalue weighted by molar-refractivity contribution is -0.0799. The minimum Gasteiger partial charge on any atom is -0.497 e. The number of rotatable bonds is 9. The summed E-state index contributed by atoms with van der Waals surface area (Å²) in [6.07, 6.45) is -0.397. The molecule has 3 N–H and O–H groups in total. The van der Waals surface area contributed by atoms with Gasteiger partial charge in [0.05, 0.1) is 51.8 Å². The Hall–Kier alpha value is -0.790. The Morgan fingerprint density at radius 1 is 0.705 bits per heavy atom. The highest BCUT2D eigenvalue weighted by molar-refractivity contribution is 15.0. The molecular formula is C33H43I3O8. The smallest absolute Gasteiger partial charge is 0.143 e. The van der Waals surface area contributed by atoms with Crippen LogP contribution in [0.15, 0.2) is 78.9 Å². The third kappa shape index (κ3) is 10.1. The number of methoxy groups -OCH3 is 2. The molecule has 0 spiro atoms. The first-order valence-corrected chi connectivity index (χ1v) is 20.5. The Labute approximate surface area is 301 Å². The van der Waals surface area contributed by atoms with Crippen LogP contribution in [0.25, 0.3) is 0 Å². The molecule has 0 saturated carbocycles. The molecule has 0 amide bonds. The molecule has 2 fully saturated rings. The zero-order valence-corrected chi connectivity index (χ0v) is 32.0. The van der Waals surface area contributed by atoms with Crippen LogP contribution in [0.5, 0.6) is 11.5 Å². The van der Waals surface area contributed by atoms with Crippen molar-refractivity contribution in [2.24, 2.45) is 0 Å². The fourth-order valence-corrected chi connectivity index (χ4v) is 5.47. The molecule has 2 unspecified atom stereocenters. The van der Waals surface area contributed by atoms with Gasteiger partial charge in [-0.3, -0.25) is 0 Å². The second kappa shape index (κ2) is 19.8. The molecule has 5 rings (SSSR count). The molecule has 6 atom stereocenters. The van der Waals surface area contributed by atoms with Crippen LogP contribution in [0.3, 0.4) is 0 Å². The van der Waals surface area contributed by atoms with Crippen molar-refractivity contribution >= 4 is 61.2 Å².